The highest BCUT2D eigenvalue weighted by atomic mass is 19.1. The predicted molar refractivity (Wildman–Crippen MR) is 114 cm³/mol. The fourth-order valence-corrected chi connectivity index (χ4v) is 3.27. The normalized spacial score (nSPS) is 13.7. The van der Waals surface area contributed by atoms with Gasteiger partial charge in [-0.25, -0.2) is 13.8 Å². The molecule has 1 aliphatic rings. The summed E-state index contributed by atoms with van der Waals surface area (Å²) in [6.07, 6.45) is 4.50. The molecular weight excluding hydrogens is 404 g/mol. The van der Waals surface area contributed by atoms with E-state index in [9.17, 15) is 13.6 Å². The molecule has 3 heterocycles. The molecule has 0 spiro atoms. The molecule has 2 aromatic heterocycles. The summed E-state index contributed by atoms with van der Waals surface area (Å²) >= 11 is 0. The second-order valence-corrected chi connectivity index (χ2v) is 7.08. The molecule has 0 radical (unpaired) electrons. The summed E-state index contributed by atoms with van der Waals surface area (Å²) in [4.78, 5) is 23.4. The molecule has 0 aliphatic carbocycles. The number of anilines is 4. The number of rotatable bonds is 5. The Kier molecular flexibility index (Phi) is 6.03. The standard InChI is InChI=1S/C22H21F2N5O2/c1-14-10-21(29-6-8-31-9-7-29)26-12-16(14)22(30)28-19-4-5-25-13-20(19)27-18-3-2-15(23)11-17(18)24/h2-5,10-13,27H,6-9H2,1H3,(H,25,28,30). The molecule has 4 rings (SSSR count). The Morgan fingerprint density at radius 1 is 1.06 bits per heavy atom. The largest absolute Gasteiger partial charge is 0.378 e. The topological polar surface area (TPSA) is 79.4 Å². The van der Waals surface area contributed by atoms with Gasteiger partial charge in [0.15, 0.2) is 0 Å². The Hall–Kier alpha value is -3.59. The lowest BCUT2D eigenvalue weighted by Gasteiger charge is -2.28. The van der Waals surface area contributed by atoms with Gasteiger partial charge >= 0.3 is 0 Å². The highest BCUT2D eigenvalue weighted by molar-refractivity contribution is 6.06. The number of carbonyl (C=O) groups excluding carboxylic acids is 1. The van der Waals surface area contributed by atoms with Gasteiger partial charge < -0.3 is 20.3 Å². The third-order valence-corrected chi connectivity index (χ3v) is 4.95. The number of aryl methyl sites for hydroxylation is 1. The zero-order chi connectivity index (χ0) is 21.8. The molecule has 0 bridgehead atoms. The van der Waals surface area contributed by atoms with Crippen molar-refractivity contribution in [2.75, 3.05) is 41.8 Å². The van der Waals surface area contributed by atoms with E-state index in [1.54, 1.807) is 12.3 Å². The van der Waals surface area contributed by atoms with Crippen molar-refractivity contribution < 1.29 is 18.3 Å². The summed E-state index contributed by atoms with van der Waals surface area (Å²) in [6, 6.07) is 6.67. The first-order valence-corrected chi connectivity index (χ1v) is 9.78. The van der Waals surface area contributed by atoms with E-state index >= 15 is 0 Å². The molecule has 0 unspecified atom stereocenters. The van der Waals surface area contributed by atoms with Gasteiger partial charge in [0.25, 0.3) is 5.91 Å². The Morgan fingerprint density at radius 3 is 2.61 bits per heavy atom. The van der Waals surface area contributed by atoms with Gasteiger partial charge in [-0.3, -0.25) is 9.78 Å². The fraction of sp³-hybridized carbons (Fsp3) is 0.227. The third kappa shape index (κ3) is 4.77. The van der Waals surface area contributed by atoms with Gasteiger partial charge in [0, 0.05) is 31.5 Å². The van der Waals surface area contributed by atoms with E-state index < -0.39 is 11.6 Å². The Balaban J connectivity index is 1.52. The average Bonchev–Trinajstić information content (AvgIpc) is 2.77. The van der Waals surface area contributed by atoms with Crippen LogP contribution in [0.2, 0.25) is 0 Å². The van der Waals surface area contributed by atoms with Crippen molar-refractivity contribution in [2.24, 2.45) is 0 Å². The minimum Gasteiger partial charge on any atom is -0.378 e. The molecule has 7 nitrogen and oxygen atoms in total. The van der Waals surface area contributed by atoms with Crippen LogP contribution < -0.4 is 15.5 Å². The van der Waals surface area contributed by atoms with Crippen LogP contribution in [0, 0.1) is 18.6 Å². The summed E-state index contributed by atoms with van der Waals surface area (Å²) in [5.41, 5.74) is 2.05. The molecule has 2 N–H and O–H groups in total. The number of halogens is 2. The highest BCUT2D eigenvalue weighted by Crippen LogP contribution is 2.27. The van der Waals surface area contributed by atoms with Gasteiger partial charge in [-0.15, -0.1) is 0 Å². The molecule has 3 aromatic rings. The monoisotopic (exact) mass is 425 g/mol. The molecule has 1 fully saturated rings. The van der Waals surface area contributed by atoms with Crippen molar-refractivity contribution in [1.82, 2.24) is 9.97 Å². The third-order valence-electron chi connectivity index (χ3n) is 4.95. The van der Waals surface area contributed by atoms with Crippen LogP contribution in [0.15, 0.2) is 48.9 Å². The van der Waals surface area contributed by atoms with Gasteiger partial charge in [0.2, 0.25) is 0 Å². The first-order valence-electron chi connectivity index (χ1n) is 9.78. The van der Waals surface area contributed by atoms with Gasteiger partial charge in [0.1, 0.15) is 17.5 Å². The van der Waals surface area contributed by atoms with E-state index in [1.807, 2.05) is 13.0 Å². The van der Waals surface area contributed by atoms with Gasteiger partial charge in [-0.05, 0) is 36.8 Å². The number of ether oxygens (including phenoxy) is 1. The number of amides is 1. The van der Waals surface area contributed by atoms with E-state index in [1.165, 1.54) is 18.5 Å². The summed E-state index contributed by atoms with van der Waals surface area (Å²) in [5.74, 6) is -0.978. The first kappa shape index (κ1) is 20.7. The number of pyridine rings is 2. The SMILES string of the molecule is Cc1cc(N2CCOCC2)ncc1C(=O)Nc1ccncc1Nc1ccc(F)cc1F. The lowest BCUT2D eigenvalue weighted by atomic mass is 10.1. The lowest BCUT2D eigenvalue weighted by molar-refractivity contribution is 0.102. The Morgan fingerprint density at radius 2 is 1.87 bits per heavy atom. The number of nitrogens with zero attached hydrogens (tertiary/aromatic N) is 3. The van der Waals surface area contributed by atoms with Crippen molar-refractivity contribution in [1.29, 1.82) is 0 Å². The number of carbonyl (C=O) groups is 1. The Labute approximate surface area is 178 Å². The number of aromatic nitrogens is 2. The van der Waals surface area contributed by atoms with Crippen molar-refractivity contribution in [3.05, 3.63) is 71.7 Å². The maximum atomic E-state index is 14.0. The van der Waals surface area contributed by atoms with Crippen molar-refractivity contribution in [2.45, 2.75) is 6.92 Å². The highest BCUT2D eigenvalue weighted by Gasteiger charge is 2.17. The van der Waals surface area contributed by atoms with E-state index in [-0.39, 0.29) is 11.6 Å². The molecule has 0 atom stereocenters. The molecule has 1 amide bonds. The number of nitrogens with one attached hydrogen (secondary N) is 2. The van der Waals surface area contributed by atoms with Gasteiger partial charge in [0.05, 0.1) is 42.0 Å². The second kappa shape index (κ2) is 9.05. The van der Waals surface area contributed by atoms with Crippen LogP contribution in [0.5, 0.6) is 0 Å². The molecule has 1 aliphatic heterocycles. The summed E-state index contributed by atoms with van der Waals surface area (Å²) in [7, 11) is 0. The zero-order valence-corrected chi connectivity index (χ0v) is 16.9. The van der Waals surface area contributed by atoms with Crippen LogP contribution >= 0.6 is 0 Å². The van der Waals surface area contributed by atoms with E-state index in [0.717, 1.165) is 36.6 Å². The predicted octanol–water partition coefficient (Wildman–Crippen LogP) is 3.90. The van der Waals surface area contributed by atoms with Gasteiger partial charge in [-0.1, -0.05) is 0 Å². The molecule has 31 heavy (non-hydrogen) atoms. The molecule has 1 aromatic carbocycles. The smallest absolute Gasteiger partial charge is 0.257 e. The minimum atomic E-state index is -0.750. The van der Waals surface area contributed by atoms with E-state index in [2.05, 4.69) is 25.5 Å². The number of hydrogen-bond acceptors (Lipinski definition) is 6. The zero-order valence-electron chi connectivity index (χ0n) is 16.9. The number of morpholine rings is 1. The average molecular weight is 425 g/mol. The molecule has 1 saturated heterocycles. The van der Waals surface area contributed by atoms with E-state index in [4.69, 9.17) is 4.74 Å². The van der Waals surface area contributed by atoms with Crippen LogP contribution in [0.25, 0.3) is 0 Å². The molecular formula is C22H21F2N5O2. The molecule has 0 saturated carbocycles. The van der Waals surface area contributed by atoms with Crippen LogP contribution in [-0.4, -0.2) is 42.2 Å². The molecule has 160 valence electrons. The quantitative estimate of drug-likeness (QED) is 0.646. The van der Waals surface area contributed by atoms with E-state index in [0.29, 0.717) is 30.2 Å². The van der Waals surface area contributed by atoms with Crippen LogP contribution in [0.1, 0.15) is 15.9 Å². The fourth-order valence-electron chi connectivity index (χ4n) is 3.27. The first-order chi connectivity index (χ1) is 15.0. The van der Waals surface area contributed by atoms with Gasteiger partial charge in [-0.2, -0.15) is 0 Å². The van der Waals surface area contributed by atoms with Crippen LogP contribution in [0.4, 0.5) is 31.7 Å². The van der Waals surface area contributed by atoms with Crippen molar-refractivity contribution in [3.8, 4) is 0 Å². The minimum absolute atomic E-state index is 0.0672. The summed E-state index contributed by atoms with van der Waals surface area (Å²) in [6.45, 7) is 4.65. The Bertz CT molecular complexity index is 1100. The number of benzene rings is 1. The maximum Gasteiger partial charge on any atom is 0.257 e. The van der Waals surface area contributed by atoms with Crippen LogP contribution in [-0.2, 0) is 4.74 Å². The lowest BCUT2D eigenvalue weighted by Crippen LogP contribution is -2.36. The number of hydrogen-bond donors (Lipinski definition) is 2. The van der Waals surface area contributed by atoms with Crippen molar-refractivity contribution >= 4 is 28.8 Å². The second-order valence-electron chi connectivity index (χ2n) is 7.08. The molecule has 9 heteroatoms. The summed E-state index contributed by atoms with van der Waals surface area (Å²) in [5, 5.41) is 5.64. The summed E-state index contributed by atoms with van der Waals surface area (Å²) < 4.78 is 32.5. The van der Waals surface area contributed by atoms with Crippen molar-refractivity contribution in [3.63, 3.8) is 0 Å². The maximum absolute atomic E-state index is 14.0. The van der Waals surface area contributed by atoms with Crippen LogP contribution in [0.3, 0.4) is 0 Å².